The minimum Gasteiger partial charge on any atom is -0.870 e. The zero-order valence-electron chi connectivity index (χ0n) is 11.4. The molecular weight excluding hydrogens is 347 g/mol. The Morgan fingerprint density at radius 3 is 2.41 bits per heavy atom. The van der Waals surface area contributed by atoms with E-state index in [9.17, 15) is 18.3 Å². The van der Waals surface area contributed by atoms with Crippen molar-refractivity contribution in [3.63, 3.8) is 0 Å². The molecule has 0 saturated carbocycles. The quantitative estimate of drug-likeness (QED) is 0.344. The van der Waals surface area contributed by atoms with Gasteiger partial charge in [-0.1, -0.05) is 17.4 Å². The summed E-state index contributed by atoms with van der Waals surface area (Å²) in [6.45, 7) is 1.55. The summed E-state index contributed by atoms with van der Waals surface area (Å²) in [6, 6.07) is 1.87. The van der Waals surface area contributed by atoms with Gasteiger partial charge in [-0.05, 0) is 19.1 Å². The third kappa shape index (κ3) is 3.97. The third-order valence-electron chi connectivity index (χ3n) is 2.47. The monoisotopic (exact) mass is 354 g/mol. The van der Waals surface area contributed by atoms with Gasteiger partial charge in [0, 0.05) is 5.02 Å². The first-order chi connectivity index (χ1) is 9.70. The predicted molar refractivity (Wildman–Crippen MR) is 71.0 cm³/mol. The van der Waals surface area contributed by atoms with E-state index in [0.29, 0.717) is 5.69 Å². The average molecular weight is 355 g/mol. The van der Waals surface area contributed by atoms with Crippen LogP contribution in [0.1, 0.15) is 5.69 Å². The van der Waals surface area contributed by atoms with Gasteiger partial charge in [-0.25, -0.2) is 0 Å². The SMILES string of the molecule is Cc1[nH][nH]c(=O)c1N=Nc1cc(Cl)cc(S(=O)(=O)O)c1[O-].[Na+]. The minimum absolute atomic E-state index is 0. The Balaban J connectivity index is 0.00000242. The van der Waals surface area contributed by atoms with Gasteiger partial charge < -0.3 is 10.2 Å². The molecule has 22 heavy (non-hydrogen) atoms. The van der Waals surface area contributed by atoms with Crippen LogP contribution in [0.5, 0.6) is 5.75 Å². The van der Waals surface area contributed by atoms with E-state index in [4.69, 9.17) is 16.2 Å². The van der Waals surface area contributed by atoms with Crippen LogP contribution >= 0.6 is 11.6 Å². The second-order valence-electron chi connectivity index (χ2n) is 3.98. The van der Waals surface area contributed by atoms with Gasteiger partial charge in [0.05, 0.1) is 16.3 Å². The number of azo groups is 1. The Labute approximate surface area is 151 Å². The van der Waals surface area contributed by atoms with Crippen molar-refractivity contribution >= 4 is 33.1 Å². The zero-order chi connectivity index (χ0) is 15.8. The van der Waals surface area contributed by atoms with E-state index >= 15 is 0 Å². The topological polar surface area (TPSA) is 151 Å². The molecule has 0 bridgehead atoms. The standard InChI is InChI=1S/C10H9ClN4O5S.Na/c1-4-8(10(17)15-12-4)14-13-6-2-5(11)3-7(9(6)16)21(18,19)20;/h2-3,16H,1H3,(H2,12,15,17)(H,18,19,20);/q;+1/p-1. The van der Waals surface area contributed by atoms with E-state index in [1.165, 1.54) is 0 Å². The summed E-state index contributed by atoms with van der Waals surface area (Å²) in [5, 5.41) is 23.6. The Kier molecular flexibility index (Phi) is 5.96. The molecule has 1 heterocycles. The van der Waals surface area contributed by atoms with E-state index in [2.05, 4.69) is 20.4 Å². The fraction of sp³-hybridized carbons (Fsp3) is 0.100. The molecule has 0 saturated heterocycles. The molecule has 0 unspecified atom stereocenters. The predicted octanol–water partition coefficient (Wildman–Crippen LogP) is -1.60. The number of nitrogens with zero attached hydrogens (tertiary/aromatic N) is 2. The number of nitrogens with one attached hydrogen (secondary N) is 2. The van der Waals surface area contributed by atoms with E-state index in [-0.39, 0.29) is 40.3 Å². The van der Waals surface area contributed by atoms with Gasteiger partial charge in [0.25, 0.3) is 15.7 Å². The summed E-state index contributed by atoms with van der Waals surface area (Å²) in [6.07, 6.45) is 0. The molecule has 3 N–H and O–H groups in total. The van der Waals surface area contributed by atoms with Crippen LogP contribution in [-0.4, -0.2) is 23.2 Å². The summed E-state index contributed by atoms with van der Waals surface area (Å²) in [4.78, 5) is 10.4. The number of aromatic nitrogens is 2. The van der Waals surface area contributed by atoms with Crippen molar-refractivity contribution < 1.29 is 47.6 Å². The van der Waals surface area contributed by atoms with Crippen molar-refractivity contribution in [2.24, 2.45) is 10.2 Å². The molecular formula is C10H8ClN4NaO5S. The summed E-state index contributed by atoms with van der Waals surface area (Å²) < 4.78 is 31.1. The number of aryl methyl sites for hydroxylation is 1. The Hall–Kier alpha value is -1.17. The van der Waals surface area contributed by atoms with Crippen LogP contribution in [-0.2, 0) is 10.1 Å². The fourth-order valence-corrected chi connectivity index (χ4v) is 2.38. The van der Waals surface area contributed by atoms with E-state index in [1.54, 1.807) is 6.92 Å². The number of H-pyrrole nitrogens is 2. The zero-order valence-corrected chi connectivity index (χ0v) is 15.0. The molecule has 1 aromatic carbocycles. The molecule has 0 radical (unpaired) electrons. The second kappa shape index (κ2) is 6.94. The van der Waals surface area contributed by atoms with Crippen LogP contribution < -0.4 is 40.2 Å². The van der Waals surface area contributed by atoms with Crippen molar-refractivity contribution in [3.8, 4) is 5.75 Å². The summed E-state index contributed by atoms with van der Waals surface area (Å²) in [5.74, 6) is -1.07. The van der Waals surface area contributed by atoms with E-state index in [1.807, 2.05) is 0 Å². The first kappa shape index (κ1) is 18.9. The van der Waals surface area contributed by atoms with Crippen LogP contribution in [0.2, 0.25) is 5.02 Å². The molecule has 1 aromatic heterocycles. The molecule has 9 nitrogen and oxygen atoms in total. The maximum atomic E-state index is 11.9. The van der Waals surface area contributed by atoms with Gasteiger partial charge in [-0.3, -0.25) is 14.4 Å². The van der Waals surface area contributed by atoms with Gasteiger partial charge in [0.2, 0.25) is 0 Å². The molecule has 0 aliphatic heterocycles. The van der Waals surface area contributed by atoms with Gasteiger partial charge in [0.15, 0.2) is 5.69 Å². The maximum absolute atomic E-state index is 11.9. The average Bonchev–Trinajstić information content (AvgIpc) is 2.68. The summed E-state index contributed by atoms with van der Waals surface area (Å²) >= 11 is 5.66. The normalized spacial score (nSPS) is 11.6. The molecule has 2 rings (SSSR count). The van der Waals surface area contributed by atoms with E-state index < -0.39 is 32.0 Å². The third-order valence-corrected chi connectivity index (χ3v) is 3.55. The van der Waals surface area contributed by atoms with Crippen LogP contribution in [0.3, 0.4) is 0 Å². The molecule has 0 aliphatic rings. The number of benzene rings is 1. The van der Waals surface area contributed by atoms with Crippen molar-refractivity contribution in [1.82, 2.24) is 10.2 Å². The first-order valence-corrected chi connectivity index (χ1v) is 7.19. The minimum atomic E-state index is -4.74. The van der Waals surface area contributed by atoms with Crippen LogP contribution in [0.4, 0.5) is 11.4 Å². The first-order valence-electron chi connectivity index (χ1n) is 5.37. The Bertz CT molecular complexity index is 889. The molecule has 0 aliphatic carbocycles. The van der Waals surface area contributed by atoms with Gasteiger partial charge in [0.1, 0.15) is 0 Å². The Morgan fingerprint density at radius 2 is 1.91 bits per heavy atom. The van der Waals surface area contributed by atoms with Crippen molar-refractivity contribution in [2.45, 2.75) is 11.8 Å². The molecule has 2 aromatic rings. The van der Waals surface area contributed by atoms with Crippen molar-refractivity contribution in [1.29, 1.82) is 0 Å². The van der Waals surface area contributed by atoms with E-state index in [0.717, 1.165) is 12.1 Å². The Morgan fingerprint density at radius 1 is 1.27 bits per heavy atom. The number of hydrogen-bond donors (Lipinski definition) is 3. The molecule has 0 spiro atoms. The summed E-state index contributed by atoms with van der Waals surface area (Å²) in [7, 11) is -4.74. The summed E-state index contributed by atoms with van der Waals surface area (Å²) in [5.41, 5.74) is -0.660. The molecule has 112 valence electrons. The number of hydrogen-bond acceptors (Lipinski definition) is 6. The molecule has 0 atom stereocenters. The fourth-order valence-electron chi connectivity index (χ4n) is 1.48. The largest absolute Gasteiger partial charge is 1.00 e. The van der Waals surface area contributed by atoms with Crippen molar-refractivity contribution in [3.05, 3.63) is 33.2 Å². The number of halogens is 1. The van der Waals surface area contributed by atoms with Crippen LogP contribution in [0.15, 0.2) is 32.1 Å². The van der Waals surface area contributed by atoms with Gasteiger partial charge in [-0.15, -0.1) is 5.11 Å². The number of aromatic amines is 2. The number of rotatable bonds is 3. The van der Waals surface area contributed by atoms with Gasteiger partial charge in [-0.2, -0.15) is 13.5 Å². The van der Waals surface area contributed by atoms with Gasteiger partial charge >= 0.3 is 29.6 Å². The maximum Gasteiger partial charge on any atom is 1.00 e. The smallest absolute Gasteiger partial charge is 0.870 e. The van der Waals surface area contributed by atoms with Crippen LogP contribution in [0, 0.1) is 6.92 Å². The molecule has 0 fully saturated rings. The molecule has 0 amide bonds. The molecule has 12 heteroatoms. The van der Waals surface area contributed by atoms with Crippen LogP contribution in [0.25, 0.3) is 0 Å². The van der Waals surface area contributed by atoms with Crippen molar-refractivity contribution in [2.75, 3.05) is 0 Å². The second-order valence-corrected chi connectivity index (χ2v) is 5.81.